The molecule has 164 valence electrons. The minimum atomic E-state index is -0.594. The molecule has 2 N–H and O–H groups in total. The number of anilines is 1. The number of amides is 2. The summed E-state index contributed by atoms with van der Waals surface area (Å²) in [4.78, 5) is 26.6. The first-order valence-corrected chi connectivity index (χ1v) is 9.87. The van der Waals surface area contributed by atoms with Crippen LogP contribution in [0.25, 0.3) is 0 Å². The van der Waals surface area contributed by atoms with E-state index in [0.717, 1.165) is 5.56 Å². The third-order valence-corrected chi connectivity index (χ3v) is 5.40. The predicted molar refractivity (Wildman–Crippen MR) is 111 cm³/mol. The van der Waals surface area contributed by atoms with Crippen LogP contribution in [0.1, 0.15) is 22.0 Å². The van der Waals surface area contributed by atoms with Crippen LogP contribution in [0.15, 0.2) is 36.4 Å². The molecule has 2 aromatic carbocycles. The van der Waals surface area contributed by atoms with Gasteiger partial charge < -0.3 is 34.3 Å². The molecule has 2 aromatic rings. The first kappa shape index (κ1) is 21.0. The van der Waals surface area contributed by atoms with E-state index in [1.165, 1.54) is 7.11 Å². The van der Waals surface area contributed by atoms with Crippen molar-refractivity contribution in [3.63, 3.8) is 0 Å². The topological polar surface area (TPSA) is 107 Å². The van der Waals surface area contributed by atoms with Gasteiger partial charge in [0.15, 0.2) is 18.1 Å². The van der Waals surface area contributed by atoms with Crippen molar-refractivity contribution < 1.29 is 33.6 Å². The van der Waals surface area contributed by atoms with Crippen LogP contribution < -0.4 is 19.5 Å². The van der Waals surface area contributed by atoms with Gasteiger partial charge in [0.2, 0.25) is 0 Å². The first-order valence-electron chi connectivity index (χ1n) is 9.87. The number of rotatable bonds is 5. The van der Waals surface area contributed by atoms with Crippen molar-refractivity contribution in [2.75, 3.05) is 45.9 Å². The van der Waals surface area contributed by atoms with E-state index in [9.17, 15) is 14.7 Å². The van der Waals surface area contributed by atoms with E-state index in [-0.39, 0.29) is 25.0 Å². The van der Waals surface area contributed by atoms with Gasteiger partial charge in [0.1, 0.15) is 11.9 Å². The zero-order valence-corrected chi connectivity index (χ0v) is 17.3. The second-order valence-electron chi connectivity index (χ2n) is 7.20. The summed E-state index contributed by atoms with van der Waals surface area (Å²) < 4.78 is 21.9. The Kier molecular flexibility index (Phi) is 5.97. The van der Waals surface area contributed by atoms with Crippen LogP contribution in [0, 0.1) is 0 Å². The maximum absolute atomic E-state index is 13.5. The number of hydrogen-bond acceptors (Lipinski definition) is 7. The molecule has 2 aliphatic rings. The Morgan fingerprint density at radius 3 is 2.74 bits per heavy atom. The number of methoxy groups -OCH3 is 2. The second-order valence-corrected chi connectivity index (χ2v) is 7.20. The summed E-state index contributed by atoms with van der Waals surface area (Å²) in [5.74, 6) is 1.06. The van der Waals surface area contributed by atoms with E-state index in [4.69, 9.17) is 18.9 Å². The Labute approximate surface area is 179 Å². The smallest absolute Gasteiger partial charge is 0.262 e. The van der Waals surface area contributed by atoms with E-state index < -0.39 is 12.1 Å². The lowest BCUT2D eigenvalue weighted by atomic mass is 9.96. The van der Waals surface area contributed by atoms with Crippen molar-refractivity contribution in [2.45, 2.75) is 12.1 Å². The van der Waals surface area contributed by atoms with Gasteiger partial charge in [-0.15, -0.1) is 0 Å². The van der Waals surface area contributed by atoms with Gasteiger partial charge in [-0.1, -0.05) is 6.07 Å². The maximum Gasteiger partial charge on any atom is 0.262 e. The number of benzene rings is 2. The summed E-state index contributed by atoms with van der Waals surface area (Å²) in [7, 11) is 3.09. The van der Waals surface area contributed by atoms with Crippen molar-refractivity contribution in [3.8, 4) is 17.2 Å². The van der Waals surface area contributed by atoms with Gasteiger partial charge in [0.25, 0.3) is 11.8 Å². The molecule has 0 radical (unpaired) electrons. The molecular weight excluding hydrogens is 404 g/mol. The quantitative estimate of drug-likeness (QED) is 0.745. The molecule has 9 nitrogen and oxygen atoms in total. The van der Waals surface area contributed by atoms with Gasteiger partial charge in [-0.3, -0.25) is 9.59 Å². The van der Waals surface area contributed by atoms with Crippen molar-refractivity contribution >= 4 is 17.5 Å². The standard InChI is InChI=1S/C22H24N2O7/c1-28-16-6-4-13(9-18(16)29-2)21-19(11-25)30-8-7-24(21)22(27)14-3-5-15-17(10-14)31-12-20(26)23-15/h3-6,9-10,19,21,25H,7-8,11-12H2,1-2H3,(H,23,26)/t19-,21-/m1/s1. The molecule has 1 fully saturated rings. The zero-order valence-electron chi connectivity index (χ0n) is 17.3. The van der Waals surface area contributed by atoms with E-state index in [1.807, 2.05) is 6.07 Å². The molecule has 0 aromatic heterocycles. The maximum atomic E-state index is 13.5. The fourth-order valence-corrected chi connectivity index (χ4v) is 3.92. The van der Waals surface area contributed by atoms with E-state index in [0.29, 0.717) is 41.7 Å². The number of ether oxygens (including phenoxy) is 4. The van der Waals surface area contributed by atoms with Crippen molar-refractivity contribution in [3.05, 3.63) is 47.5 Å². The fourth-order valence-electron chi connectivity index (χ4n) is 3.92. The van der Waals surface area contributed by atoms with E-state index in [1.54, 1.807) is 42.3 Å². The lowest BCUT2D eigenvalue weighted by molar-refractivity contribution is -0.118. The summed E-state index contributed by atoms with van der Waals surface area (Å²) in [6, 6.07) is 9.76. The lowest BCUT2D eigenvalue weighted by Crippen LogP contribution is -2.49. The highest BCUT2D eigenvalue weighted by Crippen LogP contribution is 2.37. The number of morpholine rings is 1. The third-order valence-electron chi connectivity index (χ3n) is 5.40. The van der Waals surface area contributed by atoms with Crippen molar-refractivity contribution in [2.24, 2.45) is 0 Å². The zero-order chi connectivity index (χ0) is 22.0. The third kappa shape index (κ3) is 4.01. The molecule has 0 aliphatic carbocycles. The van der Waals surface area contributed by atoms with Crippen molar-refractivity contribution in [1.82, 2.24) is 4.90 Å². The molecule has 4 rings (SSSR count). The molecule has 2 atom stereocenters. The minimum absolute atomic E-state index is 0.0942. The number of carbonyl (C=O) groups is 2. The van der Waals surface area contributed by atoms with Gasteiger partial charge in [-0.05, 0) is 35.9 Å². The molecular formula is C22H24N2O7. The van der Waals surface area contributed by atoms with Crippen LogP contribution in [0.3, 0.4) is 0 Å². The summed E-state index contributed by atoms with van der Waals surface area (Å²) in [6.07, 6.45) is -0.594. The normalized spacial score (nSPS) is 20.4. The van der Waals surface area contributed by atoms with Crippen LogP contribution >= 0.6 is 0 Å². The molecule has 9 heteroatoms. The monoisotopic (exact) mass is 428 g/mol. The molecule has 0 spiro atoms. The lowest BCUT2D eigenvalue weighted by Gasteiger charge is -2.41. The van der Waals surface area contributed by atoms with Crippen LogP contribution in [0.4, 0.5) is 5.69 Å². The predicted octanol–water partition coefficient (Wildman–Crippen LogP) is 1.61. The summed E-state index contributed by atoms with van der Waals surface area (Å²) in [5, 5.41) is 12.6. The number of fused-ring (bicyclic) bond motifs is 1. The Morgan fingerprint density at radius 1 is 1.19 bits per heavy atom. The molecule has 2 heterocycles. The Bertz CT molecular complexity index is 994. The number of carbonyl (C=O) groups excluding carboxylic acids is 2. The summed E-state index contributed by atoms with van der Waals surface area (Å²) >= 11 is 0. The molecule has 1 saturated heterocycles. The SMILES string of the molecule is COc1ccc([C@@H]2[C@@H](CO)OCCN2C(=O)c2ccc3c(c2)OCC(=O)N3)cc1OC. The van der Waals surface area contributed by atoms with Gasteiger partial charge >= 0.3 is 0 Å². The van der Waals surface area contributed by atoms with Crippen LogP contribution in [0.2, 0.25) is 0 Å². The van der Waals surface area contributed by atoms with Crippen molar-refractivity contribution in [1.29, 1.82) is 0 Å². The van der Waals surface area contributed by atoms with Gasteiger partial charge in [-0.25, -0.2) is 0 Å². The number of aliphatic hydroxyl groups excluding tert-OH is 1. The summed E-state index contributed by atoms with van der Waals surface area (Å²) in [5.41, 5.74) is 1.70. The largest absolute Gasteiger partial charge is 0.493 e. The second kappa shape index (κ2) is 8.83. The Balaban J connectivity index is 1.68. The molecule has 0 unspecified atom stereocenters. The Hall–Kier alpha value is -3.30. The van der Waals surface area contributed by atoms with Crippen LogP contribution in [-0.4, -0.2) is 68.5 Å². The Morgan fingerprint density at radius 2 is 2.00 bits per heavy atom. The number of nitrogens with zero attached hydrogens (tertiary/aromatic N) is 1. The molecule has 2 aliphatic heterocycles. The van der Waals surface area contributed by atoms with Gasteiger partial charge in [0, 0.05) is 12.1 Å². The summed E-state index contributed by atoms with van der Waals surface area (Å²) in [6.45, 7) is 0.312. The number of hydrogen-bond donors (Lipinski definition) is 2. The number of nitrogens with one attached hydrogen (secondary N) is 1. The van der Waals surface area contributed by atoms with Crippen LogP contribution in [-0.2, 0) is 9.53 Å². The van der Waals surface area contributed by atoms with E-state index in [2.05, 4.69) is 5.32 Å². The number of aliphatic hydroxyl groups is 1. The average molecular weight is 428 g/mol. The minimum Gasteiger partial charge on any atom is -0.493 e. The van der Waals surface area contributed by atoms with Crippen LogP contribution in [0.5, 0.6) is 17.2 Å². The molecule has 31 heavy (non-hydrogen) atoms. The van der Waals surface area contributed by atoms with E-state index >= 15 is 0 Å². The molecule has 2 amide bonds. The van der Waals surface area contributed by atoms with Gasteiger partial charge in [-0.2, -0.15) is 0 Å². The first-order chi connectivity index (χ1) is 15.0. The average Bonchev–Trinajstić information content (AvgIpc) is 2.82. The highest BCUT2D eigenvalue weighted by Gasteiger charge is 2.37. The molecule has 0 bridgehead atoms. The molecule has 0 saturated carbocycles. The highest BCUT2D eigenvalue weighted by atomic mass is 16.5. The van der Waals surface area contributed by atoms with Gasteiger partial charge in [0.05, 0.1) is 39.2 Å². The highest BCUT2D eigenvalue weighted by molar-refractivity contribution is 5.99. The fraction of sp³-hybridized carbons (Fsp3) is 0.364.